The molecule has 1 amide bonds. The number of thioether (sulfide) groups is 1. The molecule has 0 aliphatic heterocycles. The molecule has 2 aromatic rings. The highest BCUT2D eigenvalue weighted by Gasteiger charge is 2.32. The van der Waals surface area contributed by atoms with E-state index in [9.17, 15) is 18.0 Å². The molecule has 0 radical (unpaired) electrons. The van der Waals surface area contributed by atoms with Crippen LogP contribution in [0.15, 0.2) is 17.4 Å². The maximum Gasteiger partial charge on any atom is 0.417 e. The van der Waals surface area contributed by atoms with Gasteiger partial charge in [-0.25, -0.2) is 0 Å². The van der Waals surface area contributed by atoms with Crippen molar-refractivity contribution in [3.8, 4) is 0 Å². The van der Waals surface area contributed by atoms with Crippen molar-refractivity contribution >= 4 is 34.9 Å². The monoisotopic (exact) mass is 392 g/mol. The number of pyridine rings is 1. The van der Waals surface area contributed by atoms with Crippen LogP contribution in [-0.2, 0) is 11.0 Å². The molecule has 3 rings (SSSR count). The summed E-state index contributed by atoms with van der Waals surface area (Å²) in [5.74, 6) is -0.160. The average Bonchev–Trinajstić information content (AvgIpc) is 3.16. The van der Waals surface area contributed by atoms with Crippen molar-refractivity contribution in [3.63, 3.8) is 0 Å². The molecule has 0 saturated heterocycles. The lowest BCUT2D eigenvalue weighted by atomic mass is 10.2. The van der Waals surface area contributed by atoms with E-state index in [2.05, 4.69) is 15.5 Å². The third kappa shape index (κ3) is 4.03. The van der Waals surface area contributed by atoms with Crippen LogP contribution >= 0.6 is 23.4 Å². The van der Waals surface area contributed by atoms with Gasteiger partial charge in [0.15, 0.2) is 10.8 Å². The first-order valence-corrected chi connectivity index (χ1v) is 9.10. The highest BCUT2D eigenvalue weighted by atomic mass is 35.5. The largest absolute Gasteiger partial charge is 0.417 e. The highest BCUT2D eigenvalue weighted by Crippen LogP contribution is 2.33. The number of hydrogen-bond acceptors (Lipinski definition) is 4. The Bertz CT molecular complexity index is 789. The molecular weight excluding hydrogens is 377 g/mol. The van der Waals surface area contributed by atoms with Crippen LogP contribution in [0.4, 0.5) is 13.2 Å². The van der Waals surface area contributed by atoms with Crippen molar-refractivity contribution in [3.05, 3.63) is 22.8 Å². The summed E-state index contributed by atoms with van der Waals surface area (Å²) in [6.45, 7) is 1.69. The van der Waals surface area contributed by atoms with Crippen LogP contribution in [0.25, 0.3) is 5.65 Å². The highest BCUT2D eigenvalue weighted by molar-refractivity contribution is 8.00. The molecule has 2 aromatic heterocycles. The molecule has 1 aliphatic carbocycles. The van der Waals surface area contributed by atoms with E-state index in [0.29, 0.717) is 0 Å². The zero-order chi connectivity index (χ0) is 18.2. The number of carbonyl (C=O) groups is 1. The standard InChI is InChI=1S/C15H16ClF3N4OS/c1-8(13(24)20-10-4-2-3-5-10)25-14-22-21-12-11(16)6-9(7-23(12)14)15(17,18)19/h6-8,10H,2-5H2,1H3,(H,20,24). The lowest BCUT2D eigenvalue weighted by Crippen LogP contribution is -2.37. The van der Waals surface area contributed by atoms with Crippen LogP contribution in [0.5, 0.6) is 0 Å². The van der Waals surface area contributed by atoms with Crippen LogP contribution < -0.4 is 5.32 Å². The number of amides is 1. The Morgan fingerprint density at radius 3 is 2.72 bits per heavy atom. The van der Waals surface area contributed by atoms with Crippen LogP contribution in [-0.4, -0.2) is 31.8 Å². The van der Waals surface area contributed by atoms with Crippen LogP contribution in [0.1, 0.15) is 38.2 Å². The Morgan fingerprint density at radius 1 is 1.40 bits per heavy atom. The van der Waals surface area contributed by atoms with Gasteiger partial charge in [0.2, 0.25) is 5.91 Å². The molecule has 136 valence electrons. The van der Waals surface area contributed by atoms with E-state index < -0.39 is 17.0 Å². The van der Waals surface area contributed by atoms with Gasteiger partial charge in [0.25, 0.3) is 0 Å². The summed E-state index contributed by atoms with van der Waals surface area (Å²) in [6, 6.07) is 0.993. The van der Waals surface area contributed by atoms with E-state index in [1.807, 2.05) is 0 Å². The van der Waals surface area contributed by atoms with E-state index in [-0.39, 0.29) is 27.8 Å². The molecule has 1 N–H and O–H groups in total. The van der Waals surface area contributed by atoms with Crippen molar-refractivity contribution in [2.75, 3.05) is 0 Å². The number of hydrogen-bond donors (Lipinski definition) is 1. The minimum Gasteiger partial charge on any atom is -0.352 e. The summed E-state index contributed by atoms with van der Waals surface area (Å²) < 4.78 is 40.1. The number of nitrogens with one attached hydrogen (secondary N) is 1. The molecule has 0 bridgehead atoms. The van der Waals surface area contributed by atoms with Gasteiger partial charge in [-0.1, -0.05) is 36.2 Å². The van der Waals surface area contributed by atoms with E-state index in [0.717, 1.165) is 49.7 Å². The van der Waals surface area contributed by atoms with E-state index >= 15 is 0 Å². The Hall–Kier alpha value is -1.48. The number of aromatic nitrogens is 3. The fourth-order valence-electron chi connectivity index (χ4n) is 2.77. The maximum atomic E-state index is 13.0. The first-order valence-electron chi connectivity index (χ1n) is 7.84. The van der Waals surface area contributed by atoms with Gasteiger partial charge in [-0.05, 0) is 25.8 Å². The van der Waals surface area contributed by atoms with Crippen LogP contribution in [0.3, 0.4) is 0 Å². The summed E-state index contributed by atoms with van der Waals surface area (Å²) in [5, 5.41) is 10.2. The zero-order valence-corrected chi connectivity index (χ0v) is 14.9. The molecular formula is C15H16ClF3N4OS. The summed E-state index contributed by atoms with van der Waals surface area (Å²) >= 11 is 6.93. The smallest absolute Gasteiger partial charge is 0.352 e. The molecule has 1 aliphatic rings. The summed E-state index contributed by atoms with van der Waals surface area (Å²) in [4.78, 5) is 12.3. The predicted octanol–water partition coefficient (Wildman–Crippen LogP) is 3.94. The van der Waals surface area contributed by atoms with E-state index in [1.165, 1.54) is 4.40 Å². The molecule has 1 saturated carbocycles. The summed E-state index contributed by atoms with van der Waals surface area (Å²) in [7, 11) is 0. The normalized spacial score (nSPS) is 17.2. The molecule has 25 heavy (non-hydrogen) atoms. The van der Waals surface area contributed by atoms with E-state index in [1.54, 1.807) is 6.92 Å². The second kappa shape index (κ2) is 7.03. The molecule has 1 atom stereocenters. The lowest BCUT2D eigenvalue weighted by Gasteiger charge is -2.15. The Labute approximate surface area is 151 Å². The topological polar surface area (TPSA) is 59.3 Å². The van der Waals surface area contributed by atoms with Crippen molar-refractivity contribution in [1.82, 2.24) is 19.9 Å². The molecule has 0 aromatic carbocycles. The second-order valence-electron chi connectivity index (χ2n) is 6.00. The van der Waals surface area contributed by atoms with Gasteiger partial charge < -0.3 is 5.32 Å². The van der Waals surface area contributed by atoms with E-state index in [4.69, 9.17) is 11.6 Å². The van der Waals surface area contributed by atoms with Gasteiger partial charge in [-0.2, -0.15) is 13.2 Å². The quantitative estimate of drug-likeness (QED) is 0.800. The van der Waals surface area contributed by atoms with Crippen LogP contribution in [0, 0.1) is 0 Å². The third-order valence-corrected chi connectivity index (χ3v) is 5.44. The third-order valence-electron chi connectivity index (χ3n) is 4.11. The molecule has 2 heterocycles. The SMILES string of the molecule is CC(Sc1nnc2c(Cl)cc(C(F)(F)F)cn12)C(=O)NC1CCCC1. The van der Waals surface area contributed by atoms with Crippen molar-refractivity contribution in [2.45, 2.75) is 55.2 Å². The minimum atomic E-state index is -4.53. The van der Waals surface area contributed by atoms with Gasteiger partial charge in [-0.3, -0.25) is 9.20 Å². The Balaban J connectivity index is 1.80. The lowest BCUT2D eigenvalue weighted by molar-refractivity contribution is -0.137. The number of nitrogens with zero attached hydrogens (tertiary/aromatic N) is 3. The van der Waals surface area contributed by atoms with Gasteiger partial charge in [0.05, 0.1) is 15.8 Å². The number of carbonyl (C=O) groups excluding carboxylic acids is 1. The zero-order valence-electron chi connectivity index (χ0n) is 13.3. The second-order valence-corrected chi connectivity index (χ2v) is 7.72. The Kier molecular flexibility index (Phi) is 5.15. The van der Waals surface area contributed by atoms with Crippen molar-refractivity contribution in [1.29, 1.82) is 0 Å². The van der Waals surface area contributed by atoms with Gasteiger partial charge in [0, 0.05) is 12.2 Å². The molecule has 5 nitrogen and oxygen atoms in total. The van der Waals surface area contributed by atoms with Gasteiger partial charge >= 0.3 is 6.18 Å². The molecule has 0 spiro atoms. The predicted molar refractivity (Wildman–Crippen MR) is 88.7 cm³/mol. The fourth-order valence-corrected chi connectivity index (χ4v) is 3.85. The molecule has 1 fully saturated rings. The number of rotatable bonds is 4. The summed E-state index contributed by atoms with van der Waals surface area (Å²) in [6.07, 6.45) is 0.476. The average molecular weight is 393 g/mol. The van der Waals surface area contributed by atoms with Crippen molar-refractivity contribution in [2.24, 2.45) is 0 Å². The molecule has 1 unspecified atom stereocenters. The summed E-state index contributed by atoms with van der Waals surface area (Å²) in [5.41, 5.74) is -0.768. The first kappa shape index (κ1) is 18.3. The first-order chi connectivity index (χ1) is 11.8. The van der Waals surface area contributed by atoms with Crippen molar-refractivity contribution < 1.29 is 18.0 Å². The minimum absolute atomic E-state index is 0.126. The number of fused-ring (bicyclic) bond motifs is 1. The van der Waals surface area contributed by atoms with Gasteiger partial charge in [-0.15, -0.1) is 10.2 Å². The van der Waals surface area contributed by atoms with Crippen LogP contribution in [0.2, 0.25) is 5.02 Å². The van der Waals surface area contributed by atoms with Gasteiger partial charge in [0.1, 0.15) is 0 Å². The number of halogens is 4. The molecule has 10 heteroatoms. The fraction of sp³-hybridized carbons (Fsp3) is 0.533. The number of alkyl halides is 3. The maximum absolute atomic E-state index is 13.0. The Morgan fingerprint density at radius 2 is 2.08 bits per heavy atom.